The van der Waals surface area contributed by atoms with E-state index >= 15 is 0 Å². The van der Waals surface area contributed by atoms with Gasteiger partial charge in [0, 0.05) is 5.56 Å². The Morgan fingerprint density at radius 3 is 2.67 bits per heavy atom. The molecule has 2 heterocycles. The molecule has 2 aromatic heterocycles. The Hall–Kier alpha value is -2.58. The Morgan fingerprint density at radius 2 is 2.10 bits per heavy atom. The number of anilines is 1. The molecule has 0 radical (unpaired) electrons. The molecule has 1 amide bonds. The highest BCUT2D eigenvalue weighted by molar-refractivity contribution is 6.03. The number of amides is 1. The van der Waals surface area contributed by atoms with Gasteiger partial charge in [-0.3, -0.25) is 14.7 Å². The first kappa shape index (κ1) is 14.8. The molecular weight excluding hydrogens is 289 g/mol. The Kier molecular flexibility index (Phi) is 3.83. The van der Waals surface area contributed by atoms with Crippen LogP contribution >= 0.6 is 0 Å². The number of nitrogens with zero attached hydrogens (tertiary/aromatic N) is 1. The third-order valence-corrected chi connectivity index (χ3v) is 2.80. The molecule has 0 unspecified atom stereocenters. The van der Waals surface area contributed by atoms with Gasteiger partial charge in [-0.05, 0) is 18.6 Å². The van der Waals surface area contributed by atoms with Gasteiger partial charge in [0.1, 0.15) is 17.1 Å². The molecule has 21 heavy (non-hydrogen) atoms. The second-order valence-corrected chi connectivity index (χ2v) is 4.19. The van der Waals surface area contributed by atoms with Gasteiger partial charge in [-0.1, -0.05) is 6.92 Å². The van der Waals surface area contributed by atoms with E-state index in [9.17, 15) is 22.8 Å². The smallest absolute Gasteiger partial charge is 0.318 e. The summed E-state index contributed by atoms with van der Waals surface area (Å²) >= 11 is 0. The third-order valence-electron chi connectivity index (χ3n) is 2.80. The van der Waals surface area contributed by atoms with Crippen LogP contribution in [-0.4, -0.2) is 21.1 Å². The minimum absolute atomic E-state index is 0.307. The Balaban J connectivity index is 2.26. The van der Waals surface area contributed by atoms with Gasteiger partial charge in [-0.2, -0.15) is 18.3 Å². The number of aromatic nitrogens is 3. The van der Waals surface area contributed by atoms with Gasteiger partial charge < -0.3 is 10.3 Å². The molecule has 0 saturated heterocycles. The zero-order valence-electron chi connectivity index (χ0n) is 10.8. The van der Waals surface area contributed by atoms with Crippen molar-refractivity contribution in [2.24, 2.45) is 0 Å². The maximum absolute atomic E-state index is 12.4. The largest absolute Gasteiger partial charge is 0.431 e. The van der Waals surface area contributed by atoms with Crippen molar-refractivity contribution in [2.75, 3.05) is 5.32 Å². The highest BCUT2D eigenvalue weighted by Gasteiger charge is 2.32. The Bertz CT molecular complexity index is 718. The molecular formula is C12H11F3N4O2. The van der Waals surface area contributed by atoms with Crippen molar-refractivity contribution >= 4 is 11.7 Å². The minimum Gasteiger partial charge on any atom is -0.318 e. The fraction of sp³-hybridized carbons (Fsp3) is 0.250. The van der Waals surface area contributed by atoms with Crippen LogP contribution in [0.4, 0.5) is 19.0 Å². The van der Waals surface area contributed by atoms with Crippen molar-refractivity contribution in [3.8, 4) is 0 Å². The molecule has 2 aromatic rings. The van der Waals surface area contributed by atoms with Crippen molar-refractivity contribution in [3.63, 3.8) is 0 Å². The lowest BCUT2D eigenvalue weighted by Crippen LogP contribution is -2.26. The number of carbonyl (C=O) groups excluding carboxylic acids is 1. The van der Waals surface area contributed by atoms with Gasteiger partial charge >= 0.3 is 6.18 Å². The van der Waals surface area contributed by atoms with Gasteiger partial charge in [0.25, 0.3) is 11.5 Å². The summed E-state index contributed by atoms with van der Waals surface area (Å²) in [6.45, 7) is 1.84. The van der Waals surface area contributed by atoms with E-state index in [0.29, 0.717) is 23.9 Å². The summed E-state index contributed by atoms with van der Waals surface area (Å²) in [5.41, 5.74) is -2.02. The number of H-pyrrole nitrogens is 2. The summed E-state index contributed by atoms with van der Waals surface area (Å²) in [5.74, 6) is -0.509. The van der Waals surface area contributed by atoms with Crippen LogP contribution in [0.1, 0.15) is 28.5 Å². The molecule has 9 heteroatoms. The molecule has 3 N–H and O–H groups in total. The zero-order chi connectivity index (χ0) is 15.6. The number of aromatic amines is 2. The van der Waals surface area contributed by atoms with E-state index in [4.69, 9.17) is 0 Å². The average molecular weight is 300 g/mol. The number of rotatable bonds is 3. The SMILES string of the molecule is CCc1cn[nH]c1NC(=O)c1ccc(C(F)(F)F)[nH]c1=O. The number of aryl methyl sites for hydroxylation is 1. The molecule has 0 aliphatic rings. The maximum atomic E-state index is 12.4. The molecule has 2 rings (SSSR count). The number of pyridine rings is 1. The monoisotopic (exact) mass is 300 g/mol. The average Bonchev–Trinajstić information content (AvgIpc) is 2.84. The lowest BCUT2D eigenvalue weighted by molar-refractivity contribution is -0.141. The van der Waals surface area contributed by atoms with Crippen LogP contribution in [0.5, 0.6) is 0 Å². The fourth-order valence-corrected chi connectivity index (χ4v) is 1.69. The van der Waals surface area contributed by atoms with Crippen LogP contribution in [0.3, 0.4) is 0 Å². The molecule has 6 nitrogen and oxygen atoms in total. The summed E-state index contributed by atoms with van der Waals surface area (Å²) in [4.78, 5) is 25.1. The Labute approximate surface area is 116 Å². The number of nitrogens with one attached hydrogen (secondary N) is 3. The Morgan fingerprint density at radius 1 is 1.38 bits per heavy atom. The number of halogens is 3. The van der Waals surface area contributed by atoms with Gasteiger partial charge in [-0.25, -0.2) is 0 Å². The second kappa shape index (κ2) is 5.43. The topological polar surface area (TPSA) is 90.6 Å². The first-order valence-corrected chi connectivity index (χ1v) is 5.97. The van der Waals surface area contributed by atoms with Crippen LogP contribution in [0, 0.1) is 0 Å². The lowest BCUT2D eigenvalue weighted by Gasteiger charge is -2.07. The highest BCUT2D eigenvalue weighted by atomic mass is 19.4. The molecule has 0 aliphatic heterocycles. The van der Waals surface area contributed by atoms with Crippen molar-refractivity contribution in [2.45, 2.75) is 19.5 Å². The molecule has 0 fully saturated rings. The molecule has 0 aromatic carbocycles. The molecule has 0 bridgehead atoms. The van der Waals surface area contributed by atoms with Gasteiger partial charge in [-0.15, -0.1) is 0 Å². The lowest BCUT2D eigenvalue weighted by atomic mass is 10.2. The normalized spacial score (nSPS) is 11.4. The van der Waals surface area contributed by atoms with Crippen LogP contribution in [0.25, 0.3) is 0 Å². The number of hydrogen-bond donors (Lipinski definition) is 3. The van der Waals surface area contributed by atoms with Crippen molar-refractivity contribution in [1.82, 2.24) is 15.2 Å². The van der Waals surface area contributed by atoms with E-state index in [1.165, 1.54) is 6.20 Å². The summed E-state index contributed by atoms with van der Waals surface area (Å²) in [7, 11) is 0. The first-order valence-electron chi connectivity index (χ1n) is 5.97. The second-order valence-electron chi connectivity index (χ2n) is 4.19. The predicted molar refractivity (Wildman–Crippen MR) is 68.0 cm³/mol. The van der Waals surface area contributed by atoms with Crippen LogP contribution < -0.4 is 10.9 Å². The van der Waals surface area contributed by atoms with Gasteiger partial charge in [0.2, 0.25) is 0 Å². The standard InChI is InChI=1S/C12H11F3N4O2/c1-2-6-5-16-19-9(6)18-11(21)7-3-4-8(12(13,14)15)17-10(7)20/h3-5H,2H2,1H3,(H,17,20)(H2,16,18,19,21). The summed E-state index contributed by atoms with van der Waals surface area (Å²) in [5, 5.41) is 8.67. The van der Waals surface area contributed by atoms with Crippen molar-refractivity contribution in [1.29, 1.82) is 0 Å². The molecule has 0 aliphatic carbocycles. The zero-order valence-corrected chi connectivity index (χ0v) is 10.8. The van der Waals surface area contributed by atoms with Gasteiger partial charge in [0.15, 0.2) is 0 Å². The van der Waals surface area contributed by atoms with E-state index in [2.05, 4.69) is 15.5 Å². The predicted octanol–water partition coefficient (Wildman–Crippen LogP) is 1.93. The molecule has 112 valence electrons. The van der Waals surface area contributed by atoms with E-state index in [-0.39, 0.29) is 0 Å². The molecule has 0 atom stereocenters. The third kappa shape index (κ3) is 3.12. The summed E-state index contributed by atoms with van der Waals surface area (Å²) < 4.78 is 37.3. The summed E-state index contributed by atoms with van der Waals surface area (Å²) in [6, 6.07) is 1.48. The van der Waals surface area contributed by atoms with Crippen LogP contribution in [0.2, 0.25) is 0 Å². The number of carbonyl (C=O) groups is 1. The molecule has 0 saturated carbocycles. The summed E-state index contributed by atoms with van der Waals surface area (Å²) in [6.07, 6.45) is -2.57. The minimum atomic E-state index is -4.67. The quantitative estimate of drug-likeness (QED) is 0.809. The maximum Gasteiger partial charge on any atom is 0.431 e. The van der Waals surface area contributed by atoms with Crippen molar-refractivity contribution in [3.05, 3.63) is 45.5 Å². The van der Waals surface area contributed by atoms with Crippen LogP contribution in [-0.2, 0) is 12.6 Å². The number of hydrogen-bond acceptors (Lipinski definition) is 3. The van der Waals surface area contributed by atoms with Crippen molar-refractivity contribution < 1.29 is 18.0 Å². The van der Waals surface area contributed by atoms with Crippen LogP contribution in [0.15, 0.2) is 23.1 Å². The van der Waals surface area contributed by atoms with E-state index in [0.717, 1.165) is 6.07 Å². The van der Waals surface area contributed by atoms with E-state index < -0.39 is 28.9 Å². The van der Waals surface area contributed by atoms with E-state index in [1.54, 1.807) is 4.98 Å². The first-order chi connectivity index (χ1) is 9.82. The van der Waals surface area contributed by atoms with E-state index in [1.807, 2.05) is 6.92 Å². The highest BCUT2D eigenvalue weighted by Crippen LogP contribution is 2.26. The fourth-order valence-electron chi connectivity index (χ4n) is 1.69. The van der Waals surface area contributed by atoms with Gasteiger partial charge in [0.05, 0.1) is 6.20 Å². The molecule has 0 spiro atoms. The number of alkyl halides is 3.